The first-order chi connectivity index (χ1) is 6.77. The number of rotatable bonds is 3. The minimum atomic E-state index is 0.234. The lowest BCUT2D eigenvalue weighted by molar-refractivity contribution is 0.435. The Kier molecular flexibility index (Phi) is 1.52. The second kappa shape index (κ2) is 2.55. The molecule has 1 spiro atoms. The summed E-state index contributed by atoms with van der Waals surface area (Å²) in [5.41, 5.74) is 4.64. The molecule has 1 heterocycles. The number of aromatic nitrogens is 3. The summed E-state index contributed by atoms with van der Waals surface area (Å²) in [4.78, 5) is 0. The van der Waals surface area contributed by atoms with Crippen molar-refractivity contribution in [2.24, 2.45) is 24.2 Å². The van der Waals surface area contributed by atoms with Gasteiger partial charge in [-0.25, -0.2) is 0 Å². The summed E-state index contributed by atoms with van der Waals surface area (Å²) in [7, 11) is 1.91. The maximum atomic E-state index is 5.60. The van der Waals surface area contributed by atoms with Crippen LogP contribution in [0.4, 0.5) is 0 Å². The Morgan fingerprint density at radius 1 is 1.71 bits per heavy atom. The van der Waals surface area contributed by atoms with Crippen LogP contribution in [-0.2, 0) is 7.05 Å². The molecule has 76 valence electrons. The van der Waals surface area contributed by atoms with E-state index in [4.69, 9.17) is 5.84 Å². The Bertz CT molecular complexity index is 354. The minimum absolute atomic E-state index is 0.234. The van der Waals surface area contributed by atoms with Gasteiger partial charge in [-0.1, -0.05) is 5.21 Å². The van der Waals surface area contributed by atoms with Crippen molar-refractivity contribution in [1.29, 1.82) is 0 Å². The third-order valence-corrected chi connectivity index (χ3v) is 3.80. The zero-order valence-corrected chi connectivity index (χ0v) is 8.27. The topological polar surface area (TPSA) is 68.8 Å². The van der Waals surface area contributed by atoms with E-state index in [2.05, 4.69) is 15.7 Å². The third kappa shape index (κ3) is 1.02. The highest BCUT2D eigenvalue weighted by Gasteiger charge is 2.65. The van der Waals surface area contributed by atoms with Gasteiger partial charge in [0, 0.05) is 7.05 Å². The van der Waals surface area contributed by atoms with E-state index in [1.54, 1.807) is 10.9 Å². The number of hydrogen-bond acceptors (Lipinski definition) is 4. The van der Waals surface area contributed by atoms with Crippen LogP contribution in [0.25, 0.3) is 0 Å². The molecule has 5 nitrogen and oxygen atoms in total. The highest BCUT2D eigenvalue weighted by atomic mass is 15.4. The summed E-state index contributed by atoms with van der Waals surface area (Å²) in [6.45, 7) is 0. The average molecular weight is 193 g/mol. The molecule has 0 bridgehead atoms. The summed E-state index contributed by atoms with van der Waals surface area (Å²) in [5.74, 6) is 6.30. The van der Waals surface area contributed by atoms with Crippen LogP contribution in [0.3, 0.4) is 0 Å². The predicted octanol–water partition coefficient (Wildman–Crippen LogP) is 0.120. The molecule has 2 atom stereocenters. The number of hydrogen-bond donors (Lipinski definition) is 2. The summed E-state index contributed by atoms with van der Waals surface area (Å²) < 4.78 is 1.80. The van der Waals surface area contributed by atoms with Crippen LogP contribution < -0.4 is 11.3 Å². The molecular weight excluding hydrogens is 178 g/mol. The molecular formula is C9H15N5. The van der Waals surface area contributed by atoms with Gasteiger partial charge < -0.3 is 0 Å². The number of aryl methyl sites for hydroxylation is 1. The van der Waals surface area contributed by atoms with Crippen molar-refractivity contribution < 1.29 is 0 Å². The first-order valence-corrected chi connectivity index (χ1v) is 5.07. The van der Waals surface area contributed by atoms with Crippen molar-refractivity contribution in [2.45, 2.75) is 25.3 Å². The molecule has 1 aromatic rings. The van der Waals surface area contributed by atoms with Crippen LogP contribution in [-0.4, -0.2) is 15.0 Å². The first-order valence-electron chi connectivity index (χ1n) is 5.07. The fourth-order valence-electron chi connectivity index (χ4n) is 2.57. The van der Waals surface area contributed by atoms with Gasteiger partial charge in [0.2, 0.25) is 0 Å². The normalized spacial score (nSPS) is 29.1. The van der Waals surface area contributed by atoms with E-state index in [1.807, 2.05) is 7.05 Å². The van der Waals surface area contributed by atoms with Crippen molar-refractivity contribution in [2.75, 3.05) is 0 Å². The van der Waals surface area contributed by atoms with Crippen LogP contribution in [0.1, 0.15) is 31.0 Å². The molecule has 0 radical (unpaired) electrons. The molecule has 2 unspecified atom stereocenters. The predicted molar refractivity (Wildman–Crippen MR) is 50.8 cm³/mol. The molecule has 2 aliphatic carbocycles. The van der Waals surface area contributed by atoms with Crippen LogP contribution in [0.5, 0.6) is 0 Å². The standard InChI is InChI=1S/C9H15N5/c1-14-7(5-11-13-14)8(12-10)6-4-9(6)2-3-9/h5-6,8,12H,2-4,10H2,1H3. The van der Waals surface area contributed by atoms with E-state index in [9.17, 15) is 0 Å². The van der Waals surface area contributed by atoms with E-state index in [1.165, 1.54) is 19.3 Å². The SMILES string of the molecule is Cn1nncc1C(NN)C1CC12CC2. The highest BCUT2D eigenvalue weighted by molar-refractivity contribution is 5.20. The van der Waals surface area contributed by atoms with E-state index in [0.29, 0.717) is 11.3 Å². The van der Waals surface area contributed by atoms with E-state index in [-0.39, 0.29) is 6.04 Å². The third-order valence-electron chi connectivity index (χ3n) is 3.80. The fourth-order valence-corrected chi connectivity index (χ4v) is 2.57. The largest absolute Gasteiger partial charge is 0.271 e. The van der Waals surface area contributed by atoms with Gasteiger partial charge >= 0.3 is 0 Å². The molecule has 3 rings (SSSR count). The number of nitrogens with two attached hydrogens (primary N) is 1. The van der Waals surface area contributed by atoms with Gasteiger partial charge in [-0.05, 0) is 30.6 Å². The Hall–Kier alpha value is -0.940. The van der Waals surface area contributed by atoms with Crippen molar-refractivity contribution in [3.8, 4) is 0 Å². The lowest BCUT2D eigenvalue weighted by Crippen LogP contribution is -2.31. The summed E-state index contributed by atoms with van der Waals surface area (Å²) in [5, 5.41) is 7.82. The van der Waals surface area contributed by atoms with Crippen LogP contribution in [0.15, 0.2) is 6.20 Å². The van der Waals surface area contributed by atoms with Crippen molar-refractivity contribution >= 4 is 0 Å². The van der Waals surface area contributed by atoms with Gasteiger partial charge in [0.25, 0.3) is 0 Å². The van der Waals surface area contributed by atoms with Crippen molar-refractivity contribution in [3.05, 3.63) is 11.9 Å². The van der Waals surface area contributed by atoms with E-state index in [0.717, 1.165) is 5.69 Å². The molecule has 0 aliphatic heterocycles. The second-order valence-electron chi connectivity index (χ2n) is 4.60. The summed E-state index contributed by atoms with van der Waals surface area (Å²) in [6, 6.07) is 0.234. The summed E-state index contributed by atoms with van der Waals surface area (Å²) in [6.07, 6.45) is 5.87. The van der Waals surface area contributed by atoms with Gasteiger partial charge in [-0.15, -0.1) is 5.10 Å². The minimum Gasteiger partial charge on any atom is -0.271 e. The number of nitrogens with zero attached hydrogens (tertiary/aromatic N) is 3. The molecule has 0 saturated heterocycles. The molecule has 5 heteroatoms. The monoisotopic (exact) mass is 193 g/mol. The molecule has 0 aromatic carbocycles. The smallest absolute Gasteiger partial charge is 0.0769 e. The van der Waals surface area contributed by atoms with Gasteiger partial charge in [-0.2, -0.15) is 0 Å². The van der Waals surface area contributed by atoms with Gasteiger partial charge in [-0.3, -0.25) is 16.0 Å². The molecule has 3 N–H and O–H groups in total. The Morgan fingerprint density at radius 2 is 2.50 bits per heavy atom. The molecule has 0 amide bonds. The maximum Gasteiger partial charge on any atom is 0.0769 e. The van der Waals surface area contributed by atoms with Crippen molar-refractivity contribution in [3.63, 3.8) is 0 Å². The van der Waals surface area contributed by atoms with Crippen LogP contribution in [0, 0.1) is 11.3 Å². The molecule has 1 aromatic heterocycles. The fraction of sp³-hybridized carbons (Fsp3) is 0.778. The van der Waals surface area contributed by atoms with E-state index < -0.39 is 0 Å². The quantitative estimate of drug-likeness (QED) is 0.528. The van der Waals surface area contributed by atoms with Gasteiger partial charge in [0.1, 0.15) is 0 Å². The van der Waals surface area contributed by atoms with Gasteiger partial charge in [0.15, 0.2) is 0 Å². The molecule has 2 aliphatic rings. The lowest BCUT2D eigenvalue weighted by Gasteiger charge is -2.14. The lowest BCUT2D eigenvalue weighted by atomic mass is 10.1. The van der Waals surface area contributed by atoms with Crippen LogP contribution >= 0.6 is 0 Å². The Balaban J connectivity index is 1.84. The Labute approximate surface area is 82.6 Å². The van der Waals surface area contributed by atoms with Crippen molar-refractivity contribution in [1.82, 2.24) is 20.4 Å². The average Bonchev–Trinajstić information content (AvgIpc) is 3.05. The highest BCUT2D eigenvalue weighted by Crippen LogP contribution is 2.73. The molecule has 14 heavy (non-hydrogen) atoms. The van der Waals surface area contributed by atoms with Gasteiger partial charge in [0.05, 0.1) is 17.9 Å². The zero-order valence-electron chi connectivity index (χ0n) is 8.27. The van der Waals surface area contributed by atoms with Crippen LogP contribution in [0.2, 0.25) is 0 Å². The summed E-state index contributed by atoms with van der Waals surface area (Å²) >= 11 is 0. The molecule has 2 saturated carbocycles. The number of hydrazine groups is 1. The first kappa shape index (κ1) is 8.38. The molecule has 2 fully saturated rings. The number of nitrogens with one attached hydrogen (secondary N) is 1. The second-order valence-corrected chi connectivity index (χ2v) is 4.60. The Morgan fingerprint density at radius 3 is 2.93 bits per heavy atom. The maximum absolute atomic E-state index is 5.60. The zero-order chi connectivity index (χ0) is 9.76. The van der Waals surface area contributed by atoms with E-state index >= 15 is 0 Å².